The molecule has 0 heterocycles. The van der Waals surface area contributed by atoms with Crippen LogP contribution in [0, 0.1) is 0 Å². The van der Waals surface area contributed by atoms with Crippen molar-refractivity contribution in [3.8, 4) is 0 Å². The topological polar surface area (TPSA) is 55.7 Å². The van der Waals surface area contributed by atoms with E-state index in [9.17, 15) is 9.59 Å². The molecule has 4 nitrogen and oxygen atoms in total. The van der Waals surface area contributed by atoms with Crippen LogP contribution in [0.4, 0.5) is 0 Å². The number of nitrogens with zero attached hydrogens (tertiary/aromatic N) is 1. The molecule has 14 heavy (non-hydrogen) atoms. The summed E-state index contributed by atoms with van der Waals surface area (Å²) in [5.41, 5.74) is 0.489. The van der Waals surface area contributed by atoms with Gasteiger partial charge in [-0.2, -0.15) is 0 Å². The van der Waals surface area contributed by atoms with Crippen molar-refractivity contribution in [3.63, 3.8) is 0 Å². The van der Waals surface area contributed by atoms with E-state index in [1.165, 1.54) is 6.08 Å². The predicted molar refractivity (Wildman–Crippen MR) is 49.7 cm³/mol. The highest BCUT2D eigenvalue weighted by molar-refractivity contribution is 5.89. The Bertz CT molecular complexity index is 342. The number of carbonyl (C=O) groups is 1. The molecule has 0 bridgehead atoms. The van der Waals surface area contributed by atoms with Crippen LogP contribution in [0.15, 0.2) is 35.3 Å². The summed E-state index contributed by atoms with van der Waals surface area (Å²) in [5, 5.41) is 0. The van der Waals surface area contributed by atoms with Gasteiger partial charge in [0.05, 0.1) is 12.1 Å². The number of esters is 1. The summed E-state index contributed by atoms with van der Waals surface area (Å²) in [7, 11) is 0. The van der Waals surface area contributed by atoms with Gasteiger partial charge in [0.15, 0.2) is 0 Å². The van der Waals surface area contributed by atoms with Gasteiger partial charge in [0.1, 0.15) is 6.61 Å². The third kappa shape index (κ3) is 3.21. The second-order valence-electron chi connectivity index (χ2n) is 2.47. The molecule has 0 fully saturated rings. The van der Waals surface area contributed by atoms with Gasteiger partial charge < -0.3 is 4.74 Å². The summed E-state index contributed by atoms with van der Waals surface area (Å²) in [5.74, 6) is -0.410. The molecule has 72 valence electrons. The van der Waals surface area contributed by atoms with Gasteiger partial charge >= 0.3 is 5.97 Å². The minimum Gasteiger partial charge on any atom is -0.460 e. The Morgan fingerprint density at radius 1 is 1.36 bits per heavy atom. The molecule has 0 saturated heterocycles. The van der Waals surface area contributed by atoms with E-state index in [1.807, 2.05) is 6.07 Å². The van der Waals surface area contributed by atoms with Crippen molar-refractivity contribution >= 4 is 12.0 Å². The van der Waals surface area contributed by atoms with Crippen LogP contribution in [0.25, 0.3) is 0 Å². The quantitative estimate of drug-likeness (QED) is 0.311. The summed E-state index contributed by atoms with van der Waals surface area (Å²) in [6.07, 6.45) is 1.36. The fourth-order valence-corrected chi connectivity index (χ4v) is 0.887. The molecule has 1 aromatic rings. The van der Waals surface area contributed by atoms with Crippen molar-refractivity contribution in [2.45, 2.75) is 0 Å². The Balaban J connectivity index is 2.40. The first-order valence-corrected chi connectivity index (χ1v) is 4.10. The maximum atomic E-state index is 11.2. The van der Waals surface area contributed by atoms with E-state index in [-0.39, 0.29) is 13.2 Å². The highest BCUT2D eigenvalue weighted by atomic mass is 16.5. The molecule has 1 rings (SSSR count). The zero-order valence-electron chi connectivity index (χ0n) is 7.47. The van der Waals surface area contributed by atoms with E-state index in [0.717, 1.165) is 0 Å². The number of hydrogen-bond donors (Lipinski definition) is 0. The van der Waals surface area contributed by atoms with E-state index in [4.69, 9.17) is 4.74 Å². The molecule has 1 aromatic carbocycles. The van der Waals surface area contributed by atoms with Gasteiger partial charge in [0.25, 0.3) is 0 Å². The Kier molecular flexibility index (Phi) is 4.11. The molecule has 0 spiro atoms. The van der Waals surface area contributed by atoms with Gasteiger partial charge in [-0.15, -0.1) is 0 Å². The number of hydrogen-bond acceptors (Lipinski definition) is 4. The number of isocyanates is 1. The van der Waals surface area contributed by atoms with Crippen molar-refractivity contribution in [2.24, 2.45) is 4.99 Å². The molecule has 0 saturated carbocycles. The van der Waals surface area contributed by atoms with E-state index in [2.05, 4.69) is 4.99 Å². The van der Waals surface area contributed by atoms with Gasteiger partial charge in [-0.05, 0) is 12.1 Å². The number of carbonyl (C=O) groups excluding carboxylic acids is 2. The largest absolute Gasteiger partial charge is 0.460 e. The van der Waals surface area contributed by atoms with Crippen LogP contribution in [0.2, 0.25) is 0 Å². The number of rotatable bonds is 4. The maximum Gasteiger partial charge on any atom is 0.338 e. The van der Waals surface area contributed by atoms with Crippen molar-refractivity contribution in [1.29, 1.82) is 0 Å². The highest BCUT2D eigenvalue weighted by Crippen LogP contribution is 2.00. The lowest BCUT2D eigenvalue weighted by Crippen LogP contribution is -2.07. The molecule has 0 aliphatic heterocycles. The average molecular weight is 191 g/mol. The van der Waals surface area contributed by atoms with Crippen LogP contribution in [0.1, 0.15) is 10.4 Å². The minimum absolute atomic E-state index is 0.100. The van der Waals surface area contributed by atoms with Gasteiger partial charge in [-0.25, -0.2) is 14.6 Å². The van der Waals surface area contributed by atoms with Crippen LogP contribution in [0.3, 0.4) is 0 Å². The summed E-state index contributed by atoms with van der Waals surface area (Å²) < 4.78 is 4.82. The SMILES string of the molecule is O=C=NCCOC(=O)c1ccccc1. The van der Waals surface area contributed by atoms with Crippen molar-refractivity contribution < 1.29 is 14.3 Å². The molecular formula is C10H9NO3. The summed E-state index contributed by atoms with van der Waals surface area (Å²) in [6.45, 7) is 0.255. The lowest BCUT2D eigenvalue weighted by Gasteiger charge is -2.01. The van der Waals surface area contributed by atoms with Crippen LogP contribution >= 0.6 is 0 Å². The first-order valence-electron chi connectivity index (χ1n) is 4.10. The number of aliphatic imine (C=N–C) groups is 1. The first-order chi connectivity index (χ1) is 6.84. The van der Waals surface area contributed by atoms with Crippen molar-refractivity contribution in [2.75, 3.05) is 13.2 Å². The van der Waals surface area contributed by atoms with Crippen LogP contribution < -0.4 is 0 Å². The lowest BCUT2D eigenvalue weighted by molar-refractivity contribution is 0.0517. The summed E-state index contributed by atoms with van der Waals surface area (Å²) in [4.78, 5) is 24.2. The third-order valence-corrected chi connectivity index (χ3v) is 1.51. The molecule has 0 aliphatic rings. The molecule has 0 radical (unpaired) electrons. The summed E-state index contributed by atoms with van der Waals surface area (Å²) >= 11 is 0. The Hall–Kier alpha value is -1.93. The standard InChI is InChI=1S/C10H9NO3/c12-8-11-6-7-14-10(13)9-4-2-1-3-5-9/h1-5H,6-7H2. The molecule has 0 unspecified atom stereocenters. The fraction of sp³-hybridized carbons (Fsp3) is 0.200. The second-order valence-corrected chi connectivity index (χ2v) is 2.47. The summed E-state index contributed by atoms with van der Waals surface area (Å²) in [6, 6.07) is 8.63. The van der Waals surface area contributed by atoms with E-state index < -0.39 is 5.97 Å². The Morgan fingerprint density at radius 2 is 2.07 bits per heavy atom. The maximum absolute atomic E-state index is 11.2. The van der Waals surface area contributed by atoms with E-state index in [0.29, 0.717) is 5.56 Å². The molecular weight excluding hydrogens is 182 g/mol. The fourth-order valence-electron chi connectivity index (χ4n) is 0.887. The lowest BCUT2D eigenvalue weighted by atomic mass is 10.2. The highest BCUT2D eigenvalue weighted by Gasteiger charge is 2.04. The number of ether oxygens (including phenoxy) is 1. The van der Waals surface area contributed by atoms with E-state index >= 15 is 0 Å². The normalized spacial score (nSPS) is 8.86. The average Bonchev–Trinajstić information content (AvgIpc) is 2.25. The molecule has 0 N–H and O–H groups in total. The first kappa shape index (κ1) is 10.2. The van der Waals surface area contributed by atoms with Gasteiger partial charge in [-0.3, -0.25) is 0 Å². The van der Waals surface area contributed by atoms with Crippen molar-refractivity contribution in [3.05, 3.63) is 35.9 Å². The molecule has 0 atom stereocenters. The molecule has 4 heteroatoms. The zero-order valence-corrected chi connectivity index (χ0v) is 7.47. The van der Waals surface area contributed by atoms with Crippen LogP contribution in [-0.4, -0.2) is 25.2 Å². The van der Waals surface area contributed by atoms with Crippen LogP contribution in [0.5, 0.6) is 0 Å². The monoisotopic (exact) mass is 191 g/mol. The van der Waals surface area contributed by atoms with Gasteiger partial charge in [0.2, 0.25) is 6.08 Å². The van der Waals surface area contributed by atoms with Gasteiger partial charge in [0, 0.05) is 0 Å². The van der Waals surface area contributed by atoms with Crippen molar-refractivity contribution in [1.82, 2.24) is 0 Å². The molecule has 0 aliphatic carbocycles. The van der Waals surface area contributed by atoms with Crippen LogP contribution in [-0.2, 0) is 9.53 Å². The molecule has 0 aromatic heterocycles. The Labute approximate surface area is 81.2 Å². The van der Waals surface area contributed by atoms with Gasteiger partial charge in [-0.1, -0.05) is 18.2 Å². The second kappa shape index (κ2) is 5.67. The molecule has 0 amide bonds. The Morgan fingerprint density at radius 3 is 2.71 bits per heavy atom. The van der Waals surface area contributed by atoms with E-state index in [1.54, 1.807) is 24.3 Å². The third-order valence-electron chi connectivity index (χ3n) is 1.51. The zero-order chi connectivity index (χ0) is 10.2. The minimum atomic E-state index is -0.410. The predicted octanol–water partition coefficient (Wildman–Crippen LogP) is 1.18. The number of benzene rings is 1. The smallest absolute Gasteiger partial charge is 0.338 e.